The van der Waals surface area contributed by atoms with Crippen molar-refractivity contribution < 1.29 is 9.59 Å². The fourth-order valence-corrected chi connectivity index (χ4v) is 5.15. The number of benzene rings is 3. The van der Waals surface area contributed by atoms with Crippen LogP contribution in [-0.4, -0.2) is 35.1 Å². The molecular formula is C27H26Cl4N2O2S. The van der Waals surface area contributed by atoms with Gasteiger partial charge in [0, 0.05) is 25.3 Å². The van der Waals surface area contributed by atoms with Gasteiger partial charge in [0.25, 0.3) is 0 Å². The number of nitrogens with one attached hydrogen (secondary N) is 1. The van der Waals surface area contributed by atoms with Crippen LogP contribution in [0, 0.1) is 0 Å². The molecule has 4 nitrogen and oxygen atoms in total. The van der Waals surface area contributed by atoms with Crippen LogP contribution < -0.4 is 5.32 Å². The minimum Gasteiger partial charge on any atom is -0.355 e. The zero-order valence-electron chi connectivity index (χ0n) is 19.6. The zero-order chi connectivity index (χ0) is 26.1. The van der Waals surface area contributed by atoms with Crippen LogP contribution in [-0.2, 0) is 28.3 Å². The molecule has 0 fully saturated rings. The van der Waals surface area contributed by atoms with Crippen molar-refractivity contribution in [1.29, 1.82) is 0 Å². The average molecular weight is 584 g/mol. The number of thioether (sulfide) groups is 1. The van der Waals surface area contributed by atoms with Crippen LogP contribution >= 0.6 is 58.2 Å². The molecule has 0 saturated carbocycles. The van der Waals surface area contributed by atoms with Crippen LogP contribution in [0.5, 0.6) is 0 Å². The number of likely N-dealkylation sites (N-methyl/N-ethyl adjacent to an activating group) is 1. The maximum Gasteiger partial charge on any atom is 0.243 e. The van der Waals surface area contributed by atoms with E-state index in [-0.39, 0.29) is 24.1 Å². The monoisotopic (exact) mass is 582 g/mol. The molecular weight excluding hydrogens is 558 g/mol. The van der Waals surface area contributed by atoms with Gasteiger partial charge in [0.1, 0.15) is 6.04 Å². The maximum atomic E-state index is 13.6. The fraction of sp³-hybridized carbons (Fsp3) is 0.259. The summed E-state index contributed by atoms with van der Waals surface area (Å²) in [5, 5.41) is 4.67. The molecule has 0 heterocycles. The van der Waals surface area contributed by atoms with Crippen molar-refractivity contribution in [2.45, 2.75) is 31.7 Å². The molecule has 0 aromatic heterocycles. The van der Waals surface area contributed by atoms with Crippen molar-refractivity contribution >= 4 is 70.0 Å². The summed E-state index contributed by atoms with van der Waals surface area (Å²) in [5.74, 6) is 0.405. The predicted molar refractivity (Wildman–Crippen MR) is 152 cm³/mol. The number of hydrogen-bond donors (Lipinski definition) is 1. The summed E-state index contributed by atoms with van der Waals surface area (Å²) in [6, 6.07) is 19.6. The van der Waals surface area contributed by atoms with E-state index in [0.717, 1.165) is 16.7 Å². The molecule has 190 valence electrons. The Labute approximate surface area is 236 Å². The van der Waals surface area contributed by atoms with Gasteiger partial charge in [-0.15, -0.1) is 11.8 Å². The van der Waals surface area contributed by atoms with E-state index in [1.165, 1.54) is 11.8 Å². The molecule has 0 aliphatic carbocycles. The molecule has 1 atom stereocenters. The molecule has 0 saturated heterocycles. The Morgan fingerprint density at radius 1 is 0.833 bits per heavy atom. The van der Waals surface area contributed by atoms with Crippen molar-refractivity contribution in [1.82, 2.24) is 10.2 Å². The van der Waals surface area contributed by atoms with E-state index < -0.39 is 6.04 Å². The lowest BCUT2D eigenvalue weighted by atomic mass is 10.0. The van der Waals surface area contributed by atoms with Crippen molar-refractivity contribution in [2.75, 3.05) is 12.3 Å². The molecule has 0 radical (unpaired) electrons. The summed E-state index contributed by atoms with van der Waals surface area (Å²) in [7, 11) is 0. The Balaban J connectivity index is 1.84. The Kier molecular flexibility index (Phi) is 11.3. The number of nitrogens with zero attached hydrogens (tertiary/aromatic N) is 1. The SMILES string of the molecule is CCNC(=O)[C@@H](Cc1ccccc1)N(Cc1ccc(Cl)c(Cl)c1)C(=O)CSCc1ccc(Cl)c(Cl)c1. The van der Waals surface area contributed by atoms with Crippen LogP contribution in [0.2, 0.25) is 20.1 Å². The van der Waals surface area contributed by atoms with Crippen LogP contribution in [0.1, 0.15) is 23.6 Å². The summed E-state index contributed by atoms with van der Waals surface area (Å²) in [6.45, 7) is 2.54. The minimum atomic E-state index is -0.695. The van der Waals surface area contributed by atoms with Gasteiger partial charge in [-0.05, 0) is 47.9 Å². The third kappa shape index (κ3) is 8.32. The van der Waals surface area contributed by atoms with E-state index in [9.17, 15) is 9.59 Å². The third-order valence-electron chi connectivity index (χ3n) is 5.44. The molecule has 0 aliphatic rings. The van der Waals surface area contributed by atoms with Crippen molar-refractivity contribution in [2.24, 2.45) is 0 Å². The number of amides is 2. The first-order valence-corrected chi connectivity index (χ1v) is 14.0. The van der Waals surface area contributed by atoms with Gasteiger partial charge in [-0.3, -0.25) is 9.59 Å². The predicted octanol–water partition coefficient (Wildman–Crippen LogP) is 7.31. The first-order valence-electron chi connectivity index (χ1n) is 11.3. The molecule has 3 rings (SSSR count). The van der Waals surface area contributed by atoms with Crippen LogP contribution in [0.3, 0.4) is 0 Å². The molecule has 3 aromatic rings. The first kappa shape index (κ1) is 28.7. The Morgan fingerprint density at radius 2 is 1.44 bits per heavy atom. The van der Waals surface area contributed by atoms with E-state index in [2.05, 4.69) is 5.32 Å². The van der Waals surface area contributed by atoms with Gasteiger partial charge in [-0.25, -0.2) is 0 Å². The fourth-order valence-electron chi connectivity index (χ4n) is 3.65. The zero-order valence-corrected chi connectivity index (χ0v) is 23.5. The Morgan fingerprint density at radius 3 is 2.06 bits per heavy atom. The van der Waals surface area contributed by atoms with Crippen molar-refractivity contribution in [3.05, 3.63) is 104 Å². The largest absolute Gasteiger partial charge is 0.355 e. The van der Waals surface area contributed by atoms with Crippen LogP contribution in [0.4, 0.5) is 0 Å². The molecule has 9 heteroatoms. The second-order valence-corrected chi connectivity index (χ2v) is 10.7. The molecule has 0 unspecified atom stereocenters. The average Bonchev–Trinajstić information content (AvgIpc) is 2.86. The summed E-state index contributed by atoms with van der Waals surface area (Å²) < 4.78 is 0. The Bertz CT molecular complexity index is 1190. The van der Waals surface area contributed by atoms with Gasteiger partial charge in [-0.1, -0.05) is 88.9 Å². The standard InChI is InChI=1S/C27H26Cl4N2O2S/c1-2-32-27(35)25(14-18-6-4-3-5-7-18)33(15-19-8-10-21(28)23(30)12-19)26(34)17-36-16-20-9-11-22(29)24(31)13-20/h3-13,25H,2,14-17H2,1H3,(H,32,35)/t25-/m1/s1. The number of rotatable bonds is 11. The highest BCUT2D eigenvalue weighted by Crippen LogP contribution is 2.26. The molecule has 2 amide bonds. The highest BCUT2D eigenvalue weighted by molar-refractivity contribution is 7.99. The lowest BCUT2D eigenvalue weighted by Gasteiger charge is -2.31. The lowest BCUT2D eigenvalue weighted by molar-refractivity contribution is -0.139. The summed E-state index contributed by atoms with van der Waals surface area (Å²) >= 11 is 25.9. The molecule has 36 heavy (non-hydrogen) atoms. The van der Waals surface area contributed by atoms with Gasteiger partial charge in [0.05, 0.1) is 25.8 Å². The highest BCUT2D eigenvalue weighted by Gasteiger charge is 2.30. The number of carbonyl (C=O) groups excluding carboxylic acids is 2. The van der Waals surface area contributed by atoms with Gasteiger partial charge in [-0.2, -0.15) is 0 Å². The van der Waals surface area contributed by atoms with Gasteiger partial charge >= 0.3 is 0 Å². The smallest absolute Gasteiger partial charge is 0.243 e. The minimum absolute atomic E-state index is 0.154. The van der Waals surface area contributed by atoms with E-state index in [1.807, 2.05) is 49.4 Å². The van der Waals surface area contributed by atoms with Crippen molar-refractivity contribution in [3.8, 4) is 0 Å². The third-order valence-corrected chi connectivity index (χ3v) is 7.90. The Hall–Kier alpha value is -1.89. The summed E-state index contributed by atoms with van der Waals surface area (Å²) in [4.78, 5) is 28.4. The van der Waals surface area contributed by atoms with Crippen molar-refractivity contribution in [3.63, 3.8) is 0 Å². The number of carbonyl (C=O) groups is 2. The first-order chi connectivity index (χ1) is 17.3. The van der Waals surface area contributed by atoms with E-state index in [1.54, 1.807) is 29.2 Å². The van der Waals surface area contributed by atoms with Gasteiger partial charge in [0.2, 0.25) is 11.8 Å². The van der Waals surface area contributed by atoms with Crippen LogP contribution in [0.25, 0.3) is 0 Å². The number of halogens is 4. The van der Waals surface area contributed by atoms with Crippen LogP contribution in [0.15, 0.2) is 66.7 Å². The van der Waals surface area contributed by atoms with E-state index >= 15 is 0 Å². The second kappa shape index (κ2) is 14.2. The molecule has 0 bridgehead atoms. The lowest BCUT2D eigenvalue weighted by Crippen LogP contribution is -2.51. The van der Waals surface area contributed by atoms with E-state index in [0.29, 0.717) is 38.8 Å². The summed E-state index contributed by atoms with van der Waals surface area (Å²) in [5.41, 5.74) is 2.71. The van der Waals surface area contributed by atoms with Gasteiger partial charge in [0.15, 0.2) is 0 Å². The topological polar surface area (TPSA) is 49.4 Å². The molecule has 3 aromatic carbocycles. The second-order valence-electron chi connectivity index (χ2n) is 8.11. The molecule has 1 N–H and O–H groups in total. The highest BCUT2D eigenvalue weighted by atomic mass is 35.5. The summed E-state index contributed by atoms with van der Waals surface area (Å²) in [6.07, 6.45) is 0.386. The van der Waals surface area contributed by atoms with Gasteiger partial charge < -0.3 is 10.2 Å². The molecule has 0 aliphatic heterocycles. The quantitative estimate of drug-likeness (QED) is 0.257. The normalized spacial score (nSPS) is 11.7. The molecule has 0 spiro atoms. The number of hydrogen-bond acceptors (Lipinski definition) is 3. The van der Waals surface area contributed by atoms with E-state index in [4.69, 9.17) is 46.4 Å². The maximum absolute atomic E-state index is 13.6.